The summed E-state index contributed by atoms with van der Waals surface area (Å²) in [6, 6.07) is 9.48. The Hall–Kier alpha value is -2.75. The number of carbonyl (C=O) groups is 1. The van der Waals surface area contributed by atoms with Gasteiger partial charge in [-0.25, -0.2) is 4.79 Å². The van der Waals surface area contributed by atoms with Gasteiger partial charge >= 0.3 is 5.97 Å². The summed E-state index contributed by atoms with van der Waals surface area (Å²) in [5.74, 6) is -0.385. The van der Waals surface area contributed by atoms with Gasteiger partial charge in [-0.05, 0) is 42.0 Å². The minimum absolute atomic E-state index is 0.385. The van der Waals surface area contributed by atoms with E-state index in [2.05, 4.69) is 14.7 Å². The highest BCUT2D eigenvalue weighted by atomic mass is 16.5. The number of carbonyl (C=O) groups excluding carboxylic acids is 1. The number of ether oxygens (including phenoxy) is 1. The molecule has 0 unspecified atom stereocenters. The lowest BCUT2D eigenvalue weighted by Crippen LogP contribution is -1.93. The highest BCUT2D eigenvalue weighted by molar-refractivity contribution is 5.86. The number of rotatable bonds is 4. The minimum atomic E-state index is -0.385. The number of pyridine rings is 2. The number of esters is 1. The molecule has 20 heavy (non-hydrogen) atoms. The molecular weight excluding hydrogens is 252 g/mol. The molecule has 2 heterocycles. The Morgan fingerprint density at radius 3 is 2.45 bits per heavy atom. The van der Waals surface area contributed by atoms with Crippen molar-refractivity contribution >= 4 is 24.2 Å². The van der Waals surface area contributed by atoms with E-state index in [0.717, 1.165) is 17.0 Å². The van der Waals surface area contributed by atoms with Crippen molar-refractivity contribution in [1.82, 2.24) is 9.97 Å². The van der Waals surface area contributed by atoms with Gasteiger partial charge < -0.3 is 4.74 Å². The number of nitrogens with zero attached hydrogens (tertiary/aromatic N) is 2. The van der Waals surface area contributed by atoms with Gasteiger partial charge in [-0.1, -0.05) is 12.1 Å². The molecule has 100 valence electrons. The molecule has 0 radical (unpaired) electrons. The van der Waals surface area contributed by atoms with Crippen LogP contribution in [0.3, 0.4) is 0 Å². The number of hydrogen-bond acceptors (Lipinski definition) is 4. The zero-order valence-electron chi connectivity index (χ0n) is 11.1. The third kappa shape index (κ3) is 4.17. The van der Waals surface area contributed by atoms with E-state index < -0.39 is 0 Å². The van der Waals surface area contributed by atoms with Crippen molar-refractivity contribution in [3.05, 3.63) is 65.8 Å². The van der Waals surface area contributed by atoms with Crippen molar-refractivity contribution in [2.24, 2.45) is 0 Å². The number of aromatic nitrogens is 2. The SMILES string of the molecule is COC(=O)C=Cc1ccc(C=Cc2ccccn2)nc1. The third-order valence-corrected chi connectivity index (χ3v) is 2.53. The Labute approximate surface area is 117 Å². The molecule has 0 bridgehead atoms. The van der Waals surface area contributed by atoms with Crippen LogP contribution in [0.1, 0.15) is 17.0 Å². The fourth-order valence-corrected chi connectivity index (χ4v) is 1.49. The van der Waals surface area contributed by atoms with Gasteiger partial charge in [-0.3, -0.25) is 9.97 Å². The van der Waals surface area contributed by atoms with Crippen LogP contribution in [0.15, 0.2) is 48.8 Å². The molecule has 0 aliphatic heterocycles. The molecule has 2 aromatic rings. The maximum atomic E-state index is 11.0. The molecule has 0 amide bonds. The zero-order chi connectivity index (χ0) is 14.2. The Balaban J connectivity index is 2.03. The molecule has 0 aliphatic rings. The van der Waals surface area contributed by atoms with E-state index in [1.165, 1.54) is 13.2 Å². The fourth-order valence-electron chi connectivity index (χ4n) is 1.49. The molecule has 0 aromatic carbocycles. The second-order valence-electron chi connectivity index (χ2n) is 3.96. The maximum absolute atomic E-state index is 11.0. The summed E-state index contributed by atoms with van der Waals surface area (Å²) in [6.45, 7) is 0. The largest absolute Gasteiger partial charge is 0.466 e. The van der Waals surface area contributed by atoms with E-state index in [-0.39, 0.29) is 5.97 Å². The average Bonchev–Trinajstić information content (AvgIpc) is 2.52. The van der Waals surface area contributed by atoms with E-state index in [9.17, 15) is 4.79 Å². The van der Waals surface area contributed by atoms with E-state index in [0.29, 0.717) is 0 Å². The first-order valence-corrected chi connectivity index (χ1v) is 6.09. The molecule has 0 aliphatic carbocycles. The predicted molar refractivity (Wildman–Crippen MR) is 78.5 cm³/mol. The Morgan fingerprint density at radius 1 is 1.05 bits per heavy atom. The van der Waals surface area contributed by atoms with Gasteiger partial charge in [0.1, 0.15) is 0 Å². The van der Waals surface area contributed by atoms with Crippen LogP contribution in [0.2, 0.25) is 0 Å². The van der Waals surface area contributed by atoms with Gasteiger partial charge in [0.2, 0.25) is 0 Å². The van der Waals surface area contributed by atoms with Gasteiger partial charge in [-0.2, -0.15) is 0 Å². The summed E-state index contributed by atoms with van der Waals surface area (Å²) in [6.07, 6.45) is 10.2. The van der Waals surface area contributed by atoms with Crippen LogP contribution in [0.25, 0.3) is 18.2 Å². The smallest absolute Gasteiger partial charge is 0.330 e. The fraction of sp³-hybridized carbons (Fsp3) is 0.0625. The van der Waals surface area contributed by atoms with E-state index in [4.69, 9.17) is 0 Å². The minimum Gasteiger partial charge on any atom is -0.466 e. The Kier molecular flexibility index (Phi) is 4.78. The molecule has 2 rings (SSSR count). The molecule has 0 N–H and O–H groups in total. The van der Waals surface area contributed by atoms with Crippen molar-refractivity contribution in [1.29, 1.82) is 0 Å². The van der Waals surface area contributed by atoms with Gasteiger partial charge in [0.15, 0.2) is 0 Å². The highest BCUT2D eigenvalue weighted by Crippen LogP contribution is 2.06. The van der Waals surface area contributed by atoms with Crippen LogP contribution in [0.4, 0.5) is 0 Å². The van der Waals surface area contributed by atoms with E-state index >= 15 is 0 Å². The van der Waals surface area contributed by atoms with Crippen molar-refractivity contribution in [2.75, 3.05) is 7.11 Å². The summed E-state index contributed by atoms with van der Waals surface area (Å²) >= 11 is 0. The summed E-state index contributed by atoms with van der Waals surface area (Å²) in [7, 11) is 1.34. The molecule has 0 atom stereocenters. The topological polar surface area (TPSA) is 52.1 Å². The van der Waals surface area contributed by atoms with Crippen molar-refractivity contribution < 1.29 is 9.53 Å². The lowest BCUT2D eigenvalue weighted by molar-refractivity contribution is -0.134. The van der Waals surface area contributed by atoms with Crippen LogP contribution in [-0.2, 0) is 9.53 Å². The average molecular weight is 266 g/mol. The lowest BCUT2D eigenvalue weighted by Gasteiger charge is -1.96. The van der Waals surface area contributed by atoms with Crippen LogP contribution in [-0.4, -0.2) is 23.0 Å². The monoisotopic (exact) mass is 266 g/mol. The van der Waals surface area contributed by atoms with Gasteiger partial charge in [0, 0.05) is 18.5 Å². The first kappa shape index (κ1) is 13.7. The van der Waals surface area contributed by atoms with E-state index in [1.807, 2.05) is 42.5 Å². The highest BCUT2D eigenvalue weighted by Gasteiger charge is 1.93. The van der Waals surface area contributed by atoms with Crippen LogP contribution in [0, 0.1) is 0 Å². The van der Waals surface area contributed by atoms with Gasteiger partial charge in [-0.15, -0.1) is 0 Å². The van der Waals surface area contributed by atoms with Crippen LogP contribution < -0.4 is 0 Å². The summed E-state index contributed by atoms with van der Waals surface area (Å²) < 4.78 is 4.52. The summed E-state index contributed by atoms with van der Waals surface area (Å²) in [5.41, 5.74) is 2.54. The van der Waals surface area contributed by atoms with Crippen LogP contribution >= 0.6 is 0 Å². The first-order valence-electron chi connectivity index (χ1n) is 6.09. The number of methoxy groups -OCH3 is 1. The van der Waals surface area contributed by atoms with Crippen LogP contribution in [0.5, 0.6) is 0 Å². The molecule has 0 spiro atoms. The zero-order valence-corrected chi connectivity index (χ0v) is 11.1. The molecular formula is C16H14N2O2. The quantitative estimate of drug-likeness (QED) is 0.630. The second kappa shape index (κ2) is 6.99. The van der Waals surface area contributed by atoms with Crippen molar-refractivity contribution in [3.63, 3.8) is 0 Å². The molecule has 2 aromatic heterocycles. The Bertz CT molecular complexity index is 617. The third-order valence-electron chi connectivity index (χ3n) is 2.53. The molecule has 0 saturated carbocycles. The molecule has 4 nitrogen and oxygen atoms in total. The second-order valence-corrected chi connectivity index (χ2v) is 3.96. The summed E-state index contributed by atoms with van der Waals surface area (Å²) in [4.78, 5) is 19.4. The molecule has 0 fully saturated rings. The van der Waals surface area contributed by atoms with Gasteiger partial charge in [0.25, 0.3) is 0 Å². The van der Waals surface area contributed by atoms with E-state index in [1.54, 1.807) is 18.5 Å². The molecule has 0 saturated heterocycles. The van der Waals surface area contributed by atoms with Crippen molar-refractivity contribution in [2.45, 2.75) is 0 Å². The Morgan fingerprint density at radius 2 is 1.85 bits per heavy atom. The molecule has 4 heteroatoms. The number of hydrogen-bond donors (Lipinski definition) is 0. The normalized spacial score (nSPS) is 11.1. The first-order chi connectivity index (χ1) is 9.78. The lowest BCUT2D eigenvalue weighted by atomic mass is 10.2. The van der Waals surface area contributed by atoms with Gasteiger partial charge in [0.05, 0.1) is 18.5 Å². The van der Waals surface area contributed by atoms with Crippen molar-refractivity contribution in [3.8, 4) is 0 Å². The standard InChI is InChI=1S/C16H14N2O2/c1-20-16(19)10-6-13-5-7-15(18-12-13)9-8-14-4-2-3-11-17-14/h2-12H,1H3. The predicted octanol–water partition coefficient (Wildman–Crippen LogP) is 2.83. The maximum Gasteiger partial charge on any atom is 0.330 e. The summed E-state index contributed by atoms with van der Waals surface area (Å²) in [5, 5.41) is 0.